The molecule has 34 valence electrons. The zero-order valence-electron chi connectivity index (χ0n) is 3.46. The third-order valence-corrected chi connectivity index (χ3v) is 1.08. The Labute approximate surface area is 39.5 Å². The summed E-state index contributed by atoms with van der Waals surface area (Å²) in [5.41, 5.74) is 0. The molecule has 1 aliphatic rings. The van der Waals surface area contributed by atoms with Gasteiger partial charge in [0.05, 0.1) is 6.67 Å². The van der Waals surface area contributed by atoms with E-state index in [-0.39, 0.29) is 0 Å². The molecule has 0 radical (unpaired) electrons. The molecule has 0 amide bonds. The van der Waals surface area contributed by atoms with E-state index in [0.29, 0.717) is 0 Å². The van der Waals surface area contributed by atoms with E-state index in [1.165, 1.54) is 0 Å². The van der Waals surface area contributed by atoms with Crippen molar-refractivity contribution in [2.75, 3.05) is 13.2 Å². The number of aliphatic imine (C=N–C) groups is 1. The summed E-state index contributed by atoms with van der Waals surface area (Å²) in [4.78, 5) is 3.94. The molecule has 0 N–H and O–H groups in total. The molecule has 0 aromatic rings. The quantitative estimate of drug-likeness (QED) is 0.397. The van der Waals surface area contributed by atoms with Crippen molar-refractivity contribution >= 4 is 15.6 Å². The van der Waals surface area contributed by atoms with Gasteiger partial charge in [0.1, 0.15) is 0 Å². The highest BCUT2D eigenvalue weighted by Crippen LogP contribution is 1.99. The second-order valence-corrected chi connectivity index (χ2v) is 2.01. The van der Waals surface area contributed by atoms with Gasteiger partial charge >= 0.3 is 0 Å². The van der Waals surface area contributed by atoms with Gasteiger partial charge < -0.3 is 0 Å². The molecule has 1 heterocycles. The predicted molar refractivity (Wildman–Crippen MR) is 29.8 cm³/mol. The van der Waals surface area contributed by atoms with Crippen LogP contribution < -0.4 is 0 Å². The monoisotopic (exact) mass is 102 g/mol. The Bertz CT molecular complexity index is 63.2. The molecule has 0 saturated heterocycles. The van der Waals surface area contributed by atoms with Crippen LogP contribution in [0.1, 0.15) is 0 Å². The van der Waals surface area contributed by atoms with Gasteiger partial charge in [-0.05, 0) is 0 Å². The van der Waals surface area contributed by atoms with E-state index in [1.807, 2.05) is 6.21 Å². The maximum Gasteiger partial charge on any atom is 0.0938 e. The van der Waals surface area contributed by atoms with Crippen LogP contribution in [-0.4, -0.2) is 24.1 Å². The molecule has 0 aliphatic carbocycles. The summed E-state index contributed by atoms with van der Waals surface area (Å²) in [7, 11) is 2.58. The molecule has 1 aliphatic heterocycles. The average molecular weight is 102 g/mol. The molecule has 0 saturated carbocycles. The normalized spacial score (nSPS) is 22.8. The van der Waals surface area contributed by atoms with Gasteiger partial charge in [0.2, 0.25) is 0 Å². The molecular formula is C3H7N2P. The van der Waals surface area contributed by atoms with Crippen LogP contribution in [0.2, 0.25) is 0 Å². The van der Waals surface area contributed by atoms with Crippen LogP contribution in [0.5, 0.6) is 0 Å². The van der Waals surface area contributed by atoms with Crippen LogP contribution >= 0.6 is 9.39 Å². The van der Waals surface area contributed by atoms with E-state index in [9.17, 15) is 0 Å². The first-order valence-electron chi connectivity index (χ1n) is 1.87. The highest BCUT2D eigenvalue weighted by Gasteiger charge is 1.96. The summed E-state index contributed by atoms with van der Waals surface area (Å²) < 4.78 is 2.06. The Balaban J connectivity index is 2.32. The highest BCUT2D eigenvalue weighted by molar-refractivity contribution is 7.13. The lowest BCUT2D eigenvalue weighted by molar-refractivity contribution is 0.589. The predicted octanol–water partition coefficient (Wildman–Crippen LogP) is 0.120. The standard InChI is InChI=1S/C3H7N2P/c6-5-2-1-4-3-5/h1H,2-3,6H2. The molecular weight excluding hydrogens is 95.0 g/mol. The van der Waals surface area contributed by atoms with E-state index in [2.05, 4.69) is 19.1 Å². The maximum atomic E-state index is 3.94. The van der Waals surface area contributed by atoms with Crippen LogP contribution in [0, 0.1) is 0 Å². The molecule has 1 unspecified atom stereocenters. The average Bonchev–Trinajstić information content (AvgIpc) is 1.86. The van der Waals surface area contributed by atoms with Crippen molar-refractivity contribution in [1.82, 2.24) is 4.67 Å². The highest BCUT2D eigenvalue weighted by atomic mass is 31.0. The van der Waals surface area contributed by atoms with Gasteiger partial charge in [0.15, 0.2) is 0 Å². The molecule has 2 nitrogen and oxygen atoms in total. The van der Waals surface area contributed by atoms with Crippen LogP contribution in [0.15, 0.2) is 4.99 Å². The Morgan fingerprint density at radius 1 is 1.83 bits per heavy atom. The van der Waals surface area contributed by atoms with E-state index in [4.69, 9.17) is 0 Å². The second-order valence-electron chi connectivity index (χ2n) is 1.28. The number of rotatable bonds is 0. The van der Waals surface area contributed by atoms with Crippen LogP contribution in [0.25, 0.3) is 0 Å². The Kier molecular flexibility index (Phi) is 1.18. The Hall–Kier alpha value is 0.0600. The molecule has 0 fully saturated rings. The largest absolute Gasteiger partial charge is 0.280 e. The maximum absolute atomic E-state index is 3.94. The third-order valence-electron chi connectivity index (χ3n) is 0.709. The van der Waals surface area contributed by atoms with Crippen molar-refractivity contribution in [2.24, 2.45) is 4.99 Å². The molecule has 0 aromatic heterocycles. The first-order chi connectivity index (χ1) is 2.89. The summed E-state index contributed by atoms with van der Waals surface area (Å²) >= 11 is 0. The van der Waals surface area contributed by atoms with Gasteiger partial charge in [-0.3, -0.25) is 9.66 Å². The fourth-order valence-corrected chi connectivity index (χ4v) is 0.572. The summed E-state index contributed by atoms with van der Waals surface area (Å²) in [6.45, 7) is 1.84. The van der Waals surface area contributed by atoms with Crippen LogP contribution in [0.4, 0.5) is 0 Å². The fraction of sp³-hybridized carbons (Fsp3) is 0.667. The SMILES string of the molecule is PN1CC=NC1. The molecule has 1 atom stereocenters. The van der Waals surface area contributed by atoms with E-state index in [0.717, 1.165) is 13.2 Å². The molecule has 0 spiro atoms. The lowest BCUT2D eigenvalue weighted by Gasteiger charge is -1.99. The van der Waals surface area contributed by atoms with Gasteiger partial charge in [-0.25, -0.2) is 0 Å². The number of nitrogens with zero attached hydrogens (tertiary/aromatic N) is 2. The Morgan fingerprint density at radius 3 is 2.83 bits per heavy atom. The van der Waals surface area contributed by atoms with Crippen molar-refractivity contribution in [3.05, 3.63) is 0 Å². The Morgan fingerprint density at radius 2 is 2.67 bits per heavy atom. The summed E-state index contributed by atoms with van der Waals surface area (Å²) in [6.07, 6.45) is 1.91. The van der Waals surface area contributed by atoms with Crippen LogP contribution in [-0.2, 0) is 0 Å². The van der Waals surface area contributed by atoms with Crippen molar-refractivity contribution in [1.29, 1.82) is 0 Å². The van der Waals surface area contributed by atoms with Gasteiger partial charge in [-0.15, -0.1) is 0 Å². The lowest BCUT2D eigenvalue weighted by Crippen LogP contribution is -2.04. The molecule has 0 aromatic carbocycles. The van der Waals surface area contributed by atoms with Gasteiger partial charge in [-0.1, -0.05) is 9.39 Å². The first kappa shape index (κ1) is 4.23. The lowest BCUT2D eigenvalue weighted by atomic mass is 10.8. The minimum Gasteiger partial charge on any atom is -0.280 e. The van der Waals surface area contributed by atoms with Crippen LogP contribution in [0.3, 0.4) is 0 Å². The second kappa shape index (κ2) is 1.67. The third kappa shape index (κ3) is 0.763. The topological polar surface area (TPSA) is 15.6 Å². The van der Waals surface area contributed by atoms with Gasteiger partial charge in [0, 0.05) is 12.8 Å². The number of hydrogen-bond donors (Lipinski definition) is 0. The van der Waals surface area contributed by atoms with E-state index in [1.54, 1.807) is 0 Å². The zero-order valence-corrected chi connectivity index (χ0v) is 4.62. The smallest absolute Gasteiger partial charge is 0.0938 e. The summed E-state index contributed by atoms with van der Waals surface area (Å²) in [5.74, 6) is 0. The first-order valence-corrected chi connectivity index (χ1v) is 2.39. The molecule has 3 heteroatoms. The fourth-order valence-electron chi connectivity index (χ4n) is 0.383. The van der Waals surface area contributed by atoms with Crippen molar-refractivity contribution in [3.63, 3.8) is 0 Å². The van der Waals surface area contributed by atoms with E-state index < -0.39 is 0 Å². The zero-order chi connectivity index (χ0) is 4.41. The van der Waals surface area contributed by atoms with Crippen molar-refractivity contribution in [2.45, 2.75) is 0 Å². The van der Waals surface area contributed by atoms with E-state index >= 15 is 0 Å². The van der Waals surface area contributed by atoms with Gasteiger partial charge in [0.25, 0.3) is 0 Å². The number of hydrogen-bond acceptors (Lipinski definition) is 2. The summed E-state index contributed by atoms with van der Waals surface area (Å²) in [5, 5.41) is 0. The molecule has 1 rings (SSSR count). The minimum absolute atomic E-state index is 0.852. The molecule has 6 heavy (non-hydrogen) atoms. The van der Waals surface area contributed by atoms with Gasteiger partial charge in [-0.2, -0.15) is 0 Å². The van der Waals surface area contributed by atoms with Crippen molar-refractivity contribution in [3.8, 4) is 0 Å². The molecule has 0 bridgehead atoms. The summed E-state index contributed by atoms with van der Waals surface area (Å²) in [6, 6.07) is 0. The van der Waals surface area contributed by atoms with Crippen molar-refractivity contribution < 1.29 is 0 Å². The minimum atomic E-state index is 0.852.